The molecule has 0 spiro atoms. The number of piperidine rings is 1. The van der Waals surface area contributed by atoms with Crippen molar-refractivity contribution in [3.8, 4) is 11.4 Å². The molecule has 7 heteroatoms. The Morgan fingerprint density at radius 3 is 2.97 bits per heavy atom. The molecule has 0 radical (unpaired) electrons. The second-order valence-corrected chi connectivity index (χ2v) is 7.71. The SMILES string of the molecule is COc1ccc(-n2cccn2)c(CN2CCCCC2c2nc3ccc(F)cc3[nH]2)c1. The number of ether oxygens (including phenoxy) is 1. The van der Waals surface area contributed by atoms with Crippen molar-refractivity contribution in [2.24, 2.45) is 0 Å². The minimum Gasteiger partial charge on any atom is -0.497 e. The molecule has 1 saturated heterocycles. The van der Waals surface area contributed by atoms with Crippen LogP contribution in [0.2, 0.25) is 0 Å². The van der Waals surface area contributed by atoms with E-state index in [0.717, 1.165) is 66.2 Å². The molecule has 30 heavy (non-hydrogen) atoms. The molecule has 0 amide bonds. The minimum absolute atomic E-state index is 0.158. The zero-order valence-corrected chi connectivity index (χ0v) is 16.9. The van der Waals surface area contributed by atoms with Crippen molar-refractivity contribution in [3.63, 3.8) is 0 Å². The maximum Gasteiger partial charge on any atom is 0.125 e. The fourth-order valence-electron chi connectivity index (χ4n) is 4.32. The van der Waals surface area contributed by atoms with Gasteiger partial charge >= 0.3 is 0 Å². The molecular formula is C23H24FN5O. The first-order chi connectivity index (χ1) is 14.7. The summed E-state index contributed by atoms with van der Waals surface area (Å²) in [5.41, 5.74) is 3.73. The van der Waals surface area contributed by atoms with Gasteiger partial charge in [0.15, 0.2) is 0 Å². The molecule has 5 rings (SSSR count). The van der Waals surface area contributed by atoms with E-state index in [9.17, 15) is 4.39 Å². The zero-order chi connectivity index (χ0) is 20.5. The van der Waals surface area contributed by atoms with E-state index in [1.165, 1.54) is 12.1 Å². The highest BCUT2D eigenvalue weighted by molar-refractivity contribution is 5.75. The van der Waals surface area contributed by atoms with Crippen molar-refractivity contribution in [3.05, 3.63) is 72.1 Å². The van der Waals surface area contributed by atoms with Gasteiger partial charge in [-0.25, -0.2) is 14.1 Å². The fourth-order valence-corrected chi connectivity index (χ4v) is 4.32. The van der Waals surface area contributed by atoms with Crippen molar-refractivity contribution >= 4 is 11.0 Å². The number of halogens is 1. The van der Waals surface area contributed by atoms with Crippen LogP contribution in [0.4, 0.5) is 4.39 Å². The monoisotopic (exact) mass is 405 g/mol. The van der Waals surface area contributed by atoms with Gasteiger partial charge in [0, 0.05) is 18.9 Å². The van der Waals surface area contributed by atoms with Gasteiger partial charge in [0.25, 0.3) is 0 Å². The van der Waals surface area contributed by atoms with Crippen LogP contribution in [-0.2, 0) is 6.54 Å². The van der Waals surface area contributed by atoms with E-state index in [-0.39, 0.29) is 11.9 Å². The zero-order valence-electron chi connectivity index (χ0n) is 16.9. The average Bonchev–Trinajstić information content (AvgIpc) is 3.44. The van der Waals surface area contributed by atoms with E-state index in [1.54, 1.807) is 19.4 Å². The standard InChI is InChI=1S/C23H24FN5O/c1-30-18-7-9-21(29-12-4-10-25-29)16(13-18)15-28-11-3-2-5-22(28)23-26-19-8-6-17(24)14-20(19)27-23/h4,6-10,12-14,22H,2-3,5,11,15H2,1H3,(H,26,27). The van der Waals surface area contributed by atoms with E-state index < -0.39 is 0 Å². The molecule has 6 nitrogen and oxygen atoms in total. The van der Waals surface area contributed by atoms with E-state index in [0.29, 0.717) is 0 Å². The van der Waals surface area contributed by atoms with Crippen molar-refractivity contribution in [1.82, 2.24) is 24.6 Å². The van der Waals surface area contributed by atoms with Crippen LogP contribution in [-0.4, -0.2) is 38.3 Å². The number of nitrogens with zero attached hydrogens (tertiary/aromatic N) is 4. The molecule has 3 heterocycles. The van der Waals surface area contributed by atoms with Crippen LogP contribution in [0.15, 0.2) is 54.9 Å². The minimum atomic E-state index is -0.251. The van der Waals surface area contributed by atoms with Crippen LogP contribution < -0.4 is 4.74 Å². The summed E-state index contributed by atoms with van der Waals surface area (Å²) in [5.74, 6) is 1.48. The quantitative estimate of drug-likeness (QED) is 0.526. The van der Waals surface area contributed by atoms with Gasteiger partial charge in [-0.1, -0.05) is 6.42 Å². The highest BCUT2D eigenvalue weighted by Gasteiger charge is 2.27. The number of imidazole rings is 1. The fraction of sp³-hybridized carbons (Fsp3) is 0.304. The van der Waals surface area contributed by atoms with Crippen LogP contribution >= 0.6 is 0 Å². The van der Waals surface area contributed by atoms with Gasteiger partial charge in [-0.15, -0.1) is 0 Å². The average molecular weight is 405 g/mol. The van der Waals surface area contributed by atoms with Gasteiger partial charge in [0.2, 0.25) is 0 Å². The van der Waals surface area contributed by atoms with Gasteiger partial charge in [0.1, 0.15) is 17.4 Å². The molecule has 1 unspecified atom stereocenters. The summed E-state index contributed by atoms with van der Waals surface area (Å²) < 4.78 is 21.0. The summed E-state index contributed by atoms with van der Waals surface area (Å²) in [6, 6.07) is 12.9. The summed E-state index contributed by atoms with van der Waals surface area (Å²) in [7, 11) is 1.68. The van der Waals surface area contributed by atoms with Crippen molar-refractivity contribution in [2.45, 2.75) is 31.8 Å². The first-order valence-electron chi connectivity index (χ1n) is 10.3. The molecule has 1 N–H and O–H groups in total. The molecule has 2 aromatic heterocycles. The van der Waals surface area contributed by atoms with E-state index in [2.05, 4.69) is 21.0 Å². The third-order valence-electron chi connectivity index (χ3n) is 5.80. The predicted octanol–water partition coefficient (Wildman–Crippen LogP) is 4.62. The lowest BCUT2D eigenvalue weighted by molar-refractivity contribution is 0.134. The highest BCUT2D eigenvalue weighted by Crippen LogP contribution is 2.33. The van der Waals surface area contributed by atoms with E-state index in [4.69, 9.17) is 9.72 Å². The van der Waals surface area contributed by atoms with Gasteiger partial charge in [-0.2, -0.15) is 5.10 Å². The number of hydrogen-bond acceptors (Lipinski definition) is 4. The van der Waals surface area contributed by atoms with Crippen molar-refractivity contribution < 1.29 is 9.13 Å². The number of likely N-dealkylation sites (tertiary alicyclic amines) is 1. The van der Waals surface area contributed by atoms with Crippen LogP contribution in [0.5, 0.6) is 5.75 Å². The number of hydrogen-bond donors (Lipinski definition) is 1. The Balaban J connectivity index is 1.49. The van der Waals surface area contributed by atoms with E-state index >= 15 is 0 Å². The lowest BCUT2D eigenvalue weighted by Crippen LogP contribution is -2.34. The Morgan fingerprint density at radius 2 is 2.13 bits per heavy atom. The number of benzene rings is 2. The van der Waals surface area contributed by atoms with Gasteiger partial charge < -0.3 is 9.72 Å². The largest absolute Gasteiger partial charge is 0.497 e. The number of aromatic amines is 1. The third kappa shape index (κ3) is 3.57. The predicted molar refractivity (Wildman–Crippen MR) is 113 cm³/mol. The number of fused-ring (bicyclic) bond motifs is 1. The summed E-state index contributed by atoms with van der Waals surface area (Å²) in [6.45, 7) is 1.73. The maximum atomic E-state index is 13.6. The van der Waals surface area contributed by atoms with Crippen LogP contribution in [0.1, 0.15) is 36.7 Å². The van der Waals surface area contributed by atoms with Crippen LogP contribution in [0.25, 0.3) is 16.7 Å². The molecule has 0 bridgehead atoms. The van der Waals surface area contributed by atoms with Crippen molar-refractivity contribution in [2.75, 3.05) is 13.7 Å². The molecule has 1 aliphatic heterocycles. The number of H-pyrrole nitrogens is 1. The van der Waals surface area contributed by atoms with Crippen LogP contribution in [0.3, 0.4) is 0 Å². The Hall–Kier alpha value is -3.19. The van der Waals surface area contributed by atoms with Gasteiger partial charge in [0.05, 0.1) is 29.9 Å². The first kappa shape index (κ1) is 18.8. The molecule has 154 valence electrons. The number of rotatable bonds is 5. The first-order valence-corrected chi connectivity index (χ1v) is 10.3. The Bertz CT molecular complexity index is 1150. The second-order valence-electron chi connectivity index (χ2n) is 7.71. The lowest BCUT2D eigenvalue weighted by atomic mass is 10.00. The Kier molecular flexibility index (Phi) is 4.96. The molecule has 1 fully saturated rings. The Labute approximate surface area is 174 Å². The summed E-state index contributed by atoms with van der Waals surface area (Å²) in [5, 5.41) is 4.41. The molecule has 0 aliphatic carbocycles. The summed E-state index contributed by atoms with van der Waals surface area (Å²) in [6.07, 6.45) is 7.05. The molecular weight excluding hydrogens is 381 g/mol. The third-order valence-corrected chi connectivity index (χ3v) is 5.80. The summed E-state index contributed by atoms with van der Waals surface area (Å²) in [4.78, 5) is 10.6. The highest BCUT2D eigenvalue weighted by atomic mass is 19.1. The number of nitrogens with one attached hydrogen (secondary N) is 1. The maximum absolute atomic E-state index is 13.6. The van der Waals surface area contributed by atoms with Gasteiger partial charge in [-0.05, 0) is 67.4 Å². The molecule has 1 aliphatic rings. The topological polar surface area (TPSA) is 59.0 Å². The normalized spacial score (nSPS) is 17.5. The van der Waals surface area contributed by atoms with Crippen LogP contribution in [0, 0.1) is 5.82 Å². The molecule has 2 aromatic carbocycles. The smallest absolute Gasteiger partial charge is 0.125 e. The molecule has 4 aromatic rings. The second kappa shape index (κ2) is 7.91. The molecule has 1 atom stereocenters. The molecule has 0 saturated carbocycles. The summed E-state index contributed by atoms with van der Waals surface area (Å²) >= 11 is 0. The van der Waals surface area contributed by atoms with Crippen molar-refractivity contribution in [1.29, 1.82) is 0 Å². The lowest BCUT2D eigenvalue weighted by Gasteiger charge is -2.35. The Morgan fingerprint density at radius 1 is 1.20 bits per heavy atom. The number of methoxy groups -OCH3 is 1. The van der Waals surface area contributed by atoms with Gasteiger partial charge in [-0.3, -0.25) is 4.90 Å². The van der Waals surface area contributed by atoms with E-state index in [1.807, 2.05) is 29.1 Å². The number of aromatic nitrogens is 4.